The van der Waals surface area contributed by atoms with Gasteiger partial charge >= 0.3 is 0 Å². The maximum absolute atomic E-state index is 5.76. The number of rotatable bonds is 7. The summed E-state index contributed by atoms with van der Waals surface area (Å²) in [5.74, 6) is 0. The molecule has 3 rings (SSSR count). The first-order chi connectivity index (χ1) is 8.88. The van der Waals surface area contributed by atoms with Crippen LogP contribution >= 0.6 is 0 Å². The van der Waals surface area contributed by atoms with Gasteiger partial charge < -0.3 is 28.4 Å². The predicted octanol–water partition coefficient (Wildman–Crippen LogP) is -0.400. The number of hydrogen-bond donors (Lipinski definition) is 0. The van der Waals surface area contributed by atoms with Gasteiger partial charge in [-0.1, -0.05) is 0 Å². The molecule has 6 nitrogen and oxygen atoms in total. The van der Waals surface area contributed by atoms with E-state index >= 15 is 0 Å². The van der Waals surface area contributed by atoms with Gasteiger partial charge in [0.1, 0.15) is 30.5 Å². The van der Waals surface area contributed by atoms with Crippen molar-refractivity contribution in [2.45, 2.75) is 30.5 Å². The molecule has 104 valence electrons. The van der Waals surface area contributed by atoms with Crippen molar-refractivity contribution in [1.29, 1.82) is 0 Å². The quantitative estimate of drug-likeness (QED) is 0.458. The fraction of sp³-hybridized carbons (Fsp3) is 1.00. The second-order valence-electron chi connectivity index (χ2n) is 4.83. The molecule has 6 heteroatoms. The zero-order valence-electron chi connectivity index (χ0n) is 10.6. The van der Waals surface area contributed by atoms with Crippen molar-refractivity contribution in [2.75, 3.05) is 46.8 Å². The van der Waals surface area contributed by atoms with E-state index in [0.29, 0.717) is 33.0 Å². The number of hydrogen-bond acceptors (Lipinski definition) is 6. The Bertz CT molecular complexity index is 269. The molecule has 0 spiro atoms. The third-order valence-corrected chi connectivity index (χ3v) is 3.48. The summed E-state index contributed by atoms with van der Waals surface area (Å²) in [5, 5.41) is 0. The van der Waals surface area contributed by atoms with E-state index in [1.807, 2.05) is 0 Å². The van der Waals surface area contributed by atoms with Crippen LogP contribution in [0.4, 0.5) is 0 Å². The maximum atomic E-state index is 5.76. The monoisotopic (exact) mass is 260 g/mol. The highest BCUT2D eigenvalue weighted by Gasteiger charge is 2.49. The van der Waals surface area contributed by atoms with Gasteiger partial charge in [0.25, 0.3) is 0 Å². The van der Waals surface area contributed by atoms with Crippen molar-refractivity contribution < 1.29 is 28.4 Å². The van der Waals surface area contributed by atoms with E-state index in [0.717, 1.165) is 6.61 Å². The summed E-state index contributed by atoms with van der Waals surface area (Å²) in [4.78, 5) is 0. The molecule has 3 saturated heterocycles. The van der Waals surface area contributed by atoms with E-state index in [-0.39, 0.29) is 30.5 Å². The van der Waals surface area contributed by atoms with Crippen LogP contribution in [0.25, 0.3) is 0 Å². The van der Waals surface area contributed by atoms with E-state index in [9.17, 15) is 0 Å². The molecule has 0 bridgehead atoms. The molecule has 0 amide bonds. The maximum Gasteiger partial charge on any atom is 0.115 e. The lowest BCUT2D eigenvalue weighted by atomic mass is 10.1. The molecule has 0 aliphatic carbocycles. The highest BCUT2D eigenvalue weighted by Crippen LogP contribution is 2.30. The van der Waals surface area contributed by atoms with Crippen molar-refractivity contribution >= 4 is 0 Å². The first-order valence-electron chi connectivity index (χ1n) is 6.45. The Morgan fingerprint density at radius 1 is 0.889 bits per heavy atom. The Morgan fingerprint density at radius 3 is 2.17 bits per heavy atom. The molecule has 3 aliphatic rings. The number of methoxy groups -OCH3 is 1. The van der Waals surface area contributed by atoms with Crippen molar-refractivity contribution in [1.82, 2.24) is 0 Å². The molecule has 3 unspecified atom stereocenters. The van der Waals surface area contributed by atoms with Crippen molar-refractivity contribution in [3.05, 3.63) is 0 Å². The van der Waals surface area contributed by atoms with Gasteiger partial charge in [0.15, 0.2) is 0 Å². The van der Waals surface area contributed by atoms with Crippen LogP contribution in [0.5, 0.6) is 0 Å². The molecule has 18 heavy (non-hydrogen) atoms. The number of fused-ring (bicyclic) bond motifs is 1. The van der Waals surface area contributed by atoms with Crippen molar-refractivity contribution in [2.24, 2.45) is 0 Å². The third kappa shape index (κ3) is 2.84. The van der Waals surface area contributed by atoms with Crippen LogP contribution in [-0.4, -0.2) is 77.3 Å². The SMILES string of the molecule is COCCO[C@H]1COC2C1OC[C@H]2OCC1CO1. The minimum Gasteiger partial charge on any atom is -0.382 e. The number of ether oxygens (including phenoxy) is 6. The van der Waals surface area contributed by atoms with Crippen molar-refractivity contribution in [3.63, 3.8) is 0 Å². The molecule has 3 fully saturated rings. The van der Waals surface area contributed by atoms with Crippen LogP contribution in [0, 0.1) is 0 Å². The molecule has 3 heterocycles. The number of epoxide rings is 1. The van der Waals surface area contributed by atoms with Gasteiger partial charge in [-0.3, -0.25) is 0 Å². The van der Waals surface area contributed by atoms with Crippen LogP contribution in [0.2, 0.25) is 0 Å². The summed E-state index contributed by atoms with van der Waals surface area (Å²) in [7, 11) is 1.66. The summed E-state index contributed by atoms with van der Waals surface area (Å²) < 4.78 is 33.0. The van der Waals surface area contributed by atoms with Crippen LogP contribution in [-0.2, 0) is 28.4 Å². The molecule has 0 radical (unpaired) electrons. The topological polar surface area (TPSA) is 58.7 Å². The molecule has 0 aromatic carbocycles. The highest BCUT2D eigenvalue weighted by molar-refractivity contribution is 4.96. The highest BCUT2D eigenvalue weighted by atomic mass is 16.7. The molecular formula is C12H20O6. The summed E-state index contributed by atoms with van der Waals surface area (Å²) in [6.45, 7) is 3.75. The minimum absolute atomic E-state index is 0.00343. The fourth-order valence-electron chi connectivity index (χ4n) is 2.39. The second kappa shape index (κ2) is 5.81. The predicted molar refractivity (Wildman–Crippen MR) is 60.6 cm³/mol. The van der Waals surface area contributed by atoms with Gasteiger partial charge in [-0.05, 0) is 0 Å². The van der Waals surface area contributed by atoms with Crippen LogP contribution < -0.4 is 0 Å². The zero-order chi connectivity index (χ0) is 12.4. The average molecular weight is 260 g/mol. The minimum atomic E-state index is -0.00743. The Hall–Kier alpha value is -0.240. The van der Waals surface area contributed by atoms with E-state index in [1.54, 1.807) is 7.11 Å². The van der Waals surface area contributed by atoms with Crippen LogP contribution in [0.15, 0.2) is 0 Å². The standard InChI is InChI=1S/C12H20O6/c1-13-2-3-14-9-6-17-12-10(7-18-11(9)12)16-5-8-4-15-8/h8-12H,2-7H2,1H3/t8?,9-,10+,11?,12?/m0/s1. The van der Waals surface area contributed by atoms with Gasteiger partial charge in [0.2, 0.25) is 0 Å². The van der Waals surface area contributed by atoms with Gasteiger partial charge in [-0.15, -0.1) is 0 Å². The summed E-state index contributed by atoms with van der Waals surface area (Å²) in [6.07, 6.45) is 0.272. The normalized spacial score (nSPS) is 42.2. The summed E-state index contributed by atoms with van der Waals surface area (Å²) in [5.41, 5.74) is 0. The molecule has 0 aromatic rings. The van der Waals surface area contributed by atoms with E-state index < -0.39 is 0 Å². The van der Waals surface area contributed by atoms with Crippen molar-refractivity contribution in [3.8, 4) is 0 Å². The largest absolute Gasteiger partial charge is 0.382 e. The van der Waals surface area contributed by atoms with E-state index in [4.69, 9.17) is 28.4 Å². The Kier molecular flexibility index (Phi) is 4.13. The third-order valence-electron chi connectivity index (χ3n) is 3.48. The van der Waals surface area contributed by atoms with E-state index in [2.05, 4.69) is 0 Å². The molecule has 5 atom stereocenters. The van der Waals surface area contributed by atoms with E-state index in [1.165, 1.54) is 0 Å². The molecule has 3 aliphatic heterocycles. The van der Waals surface area contributed by atoms with Crippen LogP contribution in [0.3, 0.4) is 0 Å². The molecule has 0 saturated carbocycles. The lowest BCUT2D eigenvalue weighted by Gasteiger charge is -2.17. The van der Waals surface area contributed by atoms with Gasteiger partial charge in [0, 0.05) is 7.11 Å². The lowest BCUT2D eigenvalue weighted by Crippen LogP contribution is -2.35. The van der Waals surface area contributed by atoms with Gasteiger partial charge in [-0.2, -0.15) is 0 Å². The molecule has 0 N–H and O–H groups in total. The summed E-state index contributed by atoms with van der Waals surface area (Å²) >= 11 is 0. The van der Waals surface area contributed by atoms with Gasteiger partial charge in [-0.25, -0.2) is 0 Å². The molecular weight excluding hydrogens is 240 g/mol. The smallest absolute Gasteiger partial charge is 0.115 e. The Labute approximate surface area is 106 Å². The lowest BCUT2D eigenvalue weighted by molar-refractivity contribution is -0.0589. The zero-order valence-corrected chi connectivity index (χ0v) is 10.6. The van der Waals surface area contributed by atoms with Gasteiger partial charge in [0.05, 0.1) is 39.6 Å². The first kappa shape index (κ1) is 12.8. The Morgan fingerprint density at radius 2 is 1.56 bits per heavy atom. The fourth-order valence-corrected chi connectivity index (χ4v) is 2.39. The Balaban J connectivity index is 1.43. The van der Waals surface area contributed by atoms with Crippen LogP contribution in [0.1, 0.15) is 0 Å². The summed E-state index contributed by atoms with van der Waals surface area (Å²) in [6, 6.07) is 0. The molecule has 0 aromatic heterocycles. The second-order valence-corrected chi connectivity index (χ2v) is 4.83. The first-order valence-corrected chi connectivity index (χ1v) is 6.45. The average Bonchev–Trinajstić information content (AvgIpc) is 2.98.